The van der Waals surface area contributed by atoms with Crippen LogP contribution in [-0.2, 0) is 10.0 Å². The molecule has 0 atom stereocenters. The largest absolute Gasteiger partial charge is 0.398 e. The zero-order chi connectivity index (χ0) is 15.8. The van der Waals surface area contributed by atoms with Crippen molar-refractivity contribution < 1.29 is 8.42 Å². The highest BCUT2D eigenvalue weighted by Gasteiger charge is 2.23. The van der Waals surface area contributed by atoms with Gasteiger partial charge in [-0.15, -0.1) is 0 Å². The van der Waals surface area contributed by atoms with Gasteiger partial charge in [0.1, 0.15) is 10.7 Å². The SMILES string of the molecule is CC(C)n1nccc1NS(=O)(=O)c1c(N)cc(Cl)cc1Cl. The van der Waals surface area contributed by atoms with Crippen LogP contribution in [0, 0.1) is 0 Å². The van der Waals surface area contributed by atoms with Gasteiger partial charge in [-0.05, 0) is 26.0 Å². The number of nitrogens with one attached hydrogen (secondary N) is 1. The average molecular weight is 349 g/mol. The third-order valence-corrected chi connectivity index (χ3v) is 4.80. The topological polar surface area (TPSA) is 90.0 Å². The first-order valence-corrected chi connectivity index (χ1v) is 8.27. The summed E-state index contributed by atoms with van der Waals surface area (Å²) >= 11 is 11.7. The Morgan fingerprint density at radius 3 is 2.57 bits per heavy atom. The molecule has 0 unspecified atom stereocenters. The van der Waals surface area contributed by atoms with Crippen LogP contribution in [0.5, 0.6) is 0 Å². The molecule has 0 radical (unpaired) electrons. The van der Waals surface area contributed by atoms with E-state index in [4.69, 9.17) is 28.9 Å². The monoisotopic (exact) mass is 348 g/mol. The van der Waals surface area contributed by atoms with E-state index in [1.807, 2.05) is 13.8 Å². The summed E-state index contributed by atoms with van der Waals surface area (Å²) in [5.74, 6) is 0.329. The number of rotatable bonds is 4. The van der Waals surface area contributed by atoms with E-state index in [0.717, 1.165) is 0 Å². The second-order valence-electron chi connectivity index (χ2n) is 4.67. The molecule has 0 saturated carbocycles. The number of hydrogen-bond acceptors (Lipinski definition) is 4. The zero-order valence-electron chi connectivity index (χ0n) is 11.3. The van der Waals surface area contributed by atoms with Crippen molar-refractivity contribution in [2.24, 2.45) is 0 Å². The lowest BCUT2D eigenvalue weighted by Crippen LogP contribution is -2.19. The van der Waals surface area contributed by atoms with Crippen LogP contribution >= 0.6 is 23.2 Å². The van der Waals surface area contributed by atoms with Crippen LogP contribution in [0.1, 0.15) is 19.9 Å². The fourth-order valence-corrected chi connectivity index (χ4v) is 3.90. The van der Waals surface area contributed by atoms with E-state index < -0.39 is 10.0 Å². The third-order valence-electron chi connectivity index (χ3n) is 2.70. The maximum Gasteiger partial charge on any atom is 0.266 e. The number of sulfonamides is 1. The van der Waals surface area contributed by atoms with E-state index in [9.17, 15) is 8.42 Å². The van der Waals surface area contributed by atoms with E-state index in [1.54, 1.807) is 6.07 Å². The molecule has 2 rings (SSSR count). The molecule has 21 heavy (non-hydrogen) atoms. The van der Waals surface area contributed by atoms with Gasteiger partial charge in [-0.1, -0.05) is 23.2 Å². The van der Waals surface area contributed by atoms with Gasteiger partial charge in [0.25, 0.3) is 10.0 Å². The number of aromatic nitrogens is 2. The van der Waals surface area contributed by atoms with Crippen molar-refractivity contribution in [2.45, 2.75) is 24.8 Å². The zero-order valence-corrected chi connectivity index (χ0v) is 13.7. The van der Waals surface area contributed by atoms with Gasteiger partial charge in [0.2, 0.25) is 0 Å². The molecular weight excluding hydrogens is 335 g/mol. The highest BCUT2D eigenvalue weighted by atomic mass is 35.5. The van der Waals surface area contributed by atoms with Crippen molar-refractivity contribution in [1.82, 2.24) is 9.78 Å². The summed E-state index contributed by atoms with van der Waals surface area (Å²) in [5, 5.41) is 4.29. The molecule has 3 N–H and O–H groups in total. The predicted octanol–water partition coefficient (Wildman–Crippen LogP) is 3.15. The lowest BCUT2D eigenvalue weighted by molar-refractivity contribution is 0.539. The Kier molecular flexibility index (Phi) is 4.36. The first-order valence-electron chi connectivity index (χ1n) is 6.03. The summed E-state index contributed by atoms with van der Waals surface area (Å²) in [6.07, 6.45) is 1.50. The molecule has 6 nitrogen and oxygen atoms in total. The highest BCUT2D eigenvalue weighted by Crippen LogP contribution is 2.32. The van der Waals surface area contributed by atoms with E-state index in [2.05, 4.69) is 9.82 Å². The van der Waals surface area contributed by atoms with Crippen LogP contribution in [0.4, 0.5) is 11.5 Å². The van der Waals surface area contributed by atoms with Gasteiger partial charge in [0.05, 0.1) is 16.9 Å². The number of anilines is 2. The van der Waals surface area contributed by atoms with Crippen LogP contribution in [0.2, 0.25) is 10.0 Å². The van der Waals surface area contributed by atoms with Gasteiger partial charge in [-0.3, -0.25) is 4.72 Å². The van der Waals surface area contributed by atoms with E-state index >= 15 is 0 Å². The van der Waals surface area contributed by atoms with E-state index in [1.165, 1.54) is 23.0 Å². The van der Waals surface area contributed by atoms with Gasteiger partial charge in [0, 0.05) is 17.1 Å². The Bertz CT molecular complexity index is 748. The number of nitrogens with two attached hydrogens (primary N) is 1. The molecule has 1 heterocycles. The minimum absolute atomic E-state index is 0.00395. The van der Waals surface area contributed by atoms with Crippen molar-refractivity contribution in [3.63, 3.8) is 0 Å². The number of benzene rings is 1. The van der Waals surface area contributed by atoms with Crippen molar-refractivity contribution in [3.05, 3.63) is 34.4 Å². The summed E-state index contributed by atoms with van der Waals surface area (Å²) in [4.78, 5) is -0.204. The van der Waals surface area contributed by atoms with Gasteiger partial charge < -0.3 is 5.73 Å². The normalized spacial score (nSPS) is 11.9. The molecule has 0 saturated heterocycles. The van der Waals surface area contributed by atoms with Crippen LogP contribution in [-0.4, -0.2) is 18.2 Å². The molecule has 0 fully saturated rings. The van der Waals surface area contributed by atoms with Gasteiger partial charge in [0.15, 0.2) is 0 Å². The van der Waals surface area contributed by atoms with E-state index in [0.29, 0.717) is 5.82 Å². The summed E-state index contributed by atoms with van der Waals surface area (Å²) in [5.41, 5.74) is 5.71. The Balaban J connectivity index is 2.47. The van der Waals surface area contributed by atoms with Crippen molar-refractivity contribution in [3.8, 4) is 0 Å². The molecule has 2 aromatic rings. The Hall–Kier alpha value is -1.44. The van der Waals surface area contributed by atoms with Crippen LogP contribution < -0.4 is 10.5 Å². The van der Waals surface area contributed by atoms with Crippen LogP contribution in [0.25, 0.3) is 0 Å². The molecule has 0 aliphatic rings. The summed E-state index contributed by atoms with van der Waals surface area (Å²) in [6, 6.07) is 4.21. The Morgan fingerprint density at radius 1 is 1.33 bits per heavy atom. The standard InChI is InChI=1S/C12H14Cl2N4O2S/c1-7(2)18-11(3-4-16-18)17-21(19,20)12-9(14)5-8(13)6-10(12)15/h3-7,17H,15H2,1-2H3. The molecule has 114 valence electrons. The first kappa shape index (κ1) is 15.9. The number of nitrogens with zero attached hydrogens (tertiary/aromatic N) is 2. The molecular formula is C12H14Cl2N4O2S. The molecule has 0 bridgehead atoms. The summed E-state index contributed by atoms with van der Waals surface area (Å²) in [7, 11) is -3.94. The predicted molar refractivity (Wildman–Crippen MR) is 84.3 cm³/mol. The minimum atomic E-state index is -3.94. The maximum atomic E-state index is 12.5. The van der Waals surface area contributed by atoms with Crippen LogP contribution in [0.3, 0.4) is 0 Å². The lowest BCUT2D eigenvalue weighted by Gasteiger charge is -2.15. The fraction of sp³-hybridized carbons (Fsp3) is 0.250. The molecule has 1 aromatic carbocycles. The second kappa shape index (κ2) is 5.75. The van der Waals surface area contributed by atoms with Crippen molar-refractivity contribution in [2.75, 3.05) is 10.5 Å². The summed E-state index contributed by atoms with van der Waals surface area (Å²) in [6.45, 7) is 3.77. The smallest absolute Gasteiger partial charge is 0.266 e. The van der Waals surface area contributed by atoms with Gasteiger partial charge >= 0.3 is 0 Å². The van der Waals surface area contributed by atoms with E-state index in [-0.39, 0.29) is 26.7 Å². The third kappa shape index (κ3) is 3.25. The Morgan fingerprint density at radius 2 is 2.00 bits per heavy atom. The molecule has 0 spiro atoms. The number of hydrogen-bond donors (Lipinski definition) is 2. The Labute approximate surface area is 132 Å². The maximum absolute atomic E-state index is 12.5. The number of nitrogen functional groups attached to an aromatic ring is 1. The average Bonchev–Trinajstić information content (AvgIpc) is 2.73. The molecule has 0 aliphatic heterocycles. The minimum Gasteiger partial charge on any atom is -0.398 e. The molecule has 1 aromatic heterocycles. The van der Waals surface area contributed by atoms with Crippen LogP contribution in [0.15, 0.2) is 29.3 Å². The highest BCUT2D eigenvalue weighted by molar-refractivity contribution is 7.93. The molecule has 0 amide bonds. The van der Waals surface area contributed by atoms with Gasteiger partial charge in [-0.25, -0.2) is 13.1 Å². The molecule has 9 heteroatoms. The summed E-state index contributed by atoms with van der Waals surface area (Å²) < 4.78 is 28.9. The second-order valence-corrected chi connectivity index (χ2v) is 7.13. The lowest BCUT2D eigenvalue weighted by atomic mass is 10.3. The number of halogens is 2. The van der Waals surface area contributed by atoms with Crippen molar-refractivity contribution >= 4 is 44.7 Å². The fourth-order valence-electron chi connectivity index (χ4n) is 1.86. The van der Waals surface area contributed by atoms with Gasteiger partial charge in [-0.2, -0.15) is 5.10 Å². The molecule has 0 aliphatic carbocycles. The quantitative estimate of drug-likeness (QED) is 0.830. The first-order chi connectivity index (χ1) is 9.72. The van der Waals surface area contributed by atoms with Crippen molar-refractivity contribution in [1.29, 1.82) is 0 Å².